The molecule has 38 heavy (non-hydrogen) atoms. The van der Waals surface area contributed by atoms with Crippen LogP contribution in [0, 0.1) is 5.41 Å². The number of ether oxygens (including phenoxy) is 1. The Balaban J connectivity index is 1.28. The van der Waals surface area contributed by atoms with E-state index in [2.05, 4.69) is 24.9 Å². The fourth-order valence-electron chi connectivity index (χ4n) is 5.60. The molecule has 3 aromatic rings. The number of benzene rings is 1. The number of rotatable bonds is 9. The lowest BCUT2D eigenvalue weighted by molar-refractivity contribution is 0.201. The van der Waals surface area contributed by atoms with Crippen molar-refractivity contribution in [3.8, 4) is 23.0 Å². The van der Waals surface area contributed by atoms with Crippen molar-refractivity contribution < 1.29 is 18.3 Å². The first-order valence-corrected chi connectivity index (χ1v) is 15.1. The zero-order valence-electron chi connectivity index (χ0n) is 21.4. The number of piperidine rings is 1. The lowest BCUT2D eigenvalue weighted by Crippen LogP contribution is -2.34. The summed E-state index contributed by atoms with van der Waals surface area (Å²) in [6.07, 6.45) is 11.5. The number of aliphatic hydroxyl groups excluding tert-OH is 1. The molecule has 202 valence electrons. The summed E-state index contributed by atoms with van der Waals surface area (Å²) in [5.74, 6) is 0.873. The van der Waals surface area contributed by atoms with Crippen LogP contribution in [0.2, 0.25) is 0 Å². The molecule has 0 radical (unpaired) electrons. The SMILES string of the molecule is O=S(=O)(CCO)Nc1ccc(-c2cn(-c3cccc(OC4CCCC4)n3)nn2)c(N2CCC3(CC2)CC3)c1. The number of pyridine rings is 1. The van der Waals surface area contributed by atoms with Gasteiger partial charge < -0.3 is 14.7 Å². The van der Waals surface area contributed by atoms with Crippen molar-refractivity contribution in [3.63, 3.8) is 0 Å². The smallest absolute Gasteiger partial charge is 0.234 e. The third-order valence-electron chi connectivity index (χ3n) is 8.06. The van der Waals surface area contributed by atoms with Gasteiger partial charge in [-0.25, -0.2) is 13.1 Å². The Bertz CT molecular complexity index is 1390. The molecule has 10 nitrogen and oxygen atoms in total. The summed E-state index contributed by atoms with van der Waals surface area (Å²) in [5, 5.41) is 17.9. The van der Waals surface area contributed by atoms with Gasteiger partial charge in [-0.1, -0.05) is 11.3 Å². The first-order valence-electron chi connectivity index (χ1n) is 13.5. The molecule has 2 N–H and O–H groups in total. The first-order chi connectivity index (χ1) is 18.4. The van der Waals surface area contributed by atoms with E-state index in [1.165, 1.54) is 25.7 Å². The van der Waals surface area contributed by atoms with Gasteiger partial charge in [-0.05, 0) is 81.0 Å². The normalized spacial score (nSPS) is 19.1. The number of sulfonamides is 1. The Morgan fingerprint density at radius 2 is 1.87 bits per heavy atom. The van der Waals surface area contributed by atoms with Gasteiger partial charge in [0.15, 0.2) is 5.82 Å². The van der Waals surface area contributed by atoms with E-state index >= 15 is 0 Å². The highest BCUT2D eigenvalue weighted by Gasteiger charge is 2.44. The maximum absolute atomic E-state index is 12.3. The van der Waals surface area contributed by atoms with Gasteiger partial charge in [-0.15, -0.1) is 5.10 Å². The zero-order chi connectivity index (χ0) is 26.2. The van der Waals surface area contributed by atoms with E-state index in [4.69, 9.17) is 9.84 Å². The van der Waals surface area contributed by atoms with Crippen LogP contribution in [0.25, 0.3) is 17.1 Å². The molecule has 1 spiro atoms. The van der Waals surface area contributed by atoms with E-state index in [9.17, 15) is 8.42 Å². The van der Waals surface area contributed by atoms with Crippen LogP contribution in [-0.2, 0) is 10.0 Å². The van der Waals surface area contributed by atoms with Crippen molar-refractivity contribution in [2.75, 3.05) is 35.1 Å². The highest BCUT2D eigenvalue weighted by Crippen LogP contribution is 2.54. The van der Waals surface area contributed by atoms with Gasteiger partial charge in [0.05, 0.1) is 24.2 Å². The molecule has 0 atom stereocenters. The predicted octanol–water partition coefficient (Wildman–Crippen LogP) is 3.77. The molecular formula is C27H34N6O4S. The Labute approximate surface area is 223 Å². The van der Waals surface area contributed by atoms with Gasteiger partial charge in [-0.2, -0.15) is 4.98 Å². The zero-order valence-corrected chi connectivity index (χ0v) is 22.2. The van der Waals surface area contributed by atoms with E-state index in [1.54, 1.807) is 10.7 Å². The number of nitrogens with one attached hydrogen (secondary N) is 1. The molecule has 1 saturated heterocycles. The van der Waals surface area contributed by atoms with Crippen molar-refractivity contribution in [1.82, 2.24) is 20.0 Å². The van der Waals surface area contributed by atoms with Crippen LogP contribution in [0.5, 0.6) is 5.88 Å². The van der Waals surface area contributed by atoms with E-state index in [-0.39, 0.29) is 11.9 Å². The van der Waals surface area contributed by atoms with Gasteiger partial charge in [0.1, 0.15) is 11.8 Å². The molecule has 3 heterocycles. The average Bonchev–Trinajstić information content (AvgIpc) is 3.27. The summed E-state index contributed by atoms with van der Waals surface area (Å²) in [6.45, 7) is 1.39. The minimum Gasteiger partial charge on any atom is -0.474 e. The molecule has 2 aliphatic carbocycles. The fourth-order valence-corrected chi connectivity index (χ4v) is 6.42. The van der Waals surface area contributed by atoms with E-state index < -0.39 is 16.6 Å². The maximum atomic E-state index is 12.3. The highest BCUT2D eigenvalue weighted by molar-refractivity contribution is 7.92. The standard InChI is InChI=1S/C27H34N6O4S/c34-16-17-38(35,36)30-20-8-9-22(24(18-20)32-14-12-27(10-11-27)13-15-32)23-19-33(31-29-23)25-6-3-7-26(28-25)37-21-4-1-2-5-21/h3,6-9,18-19,21,30,34H,1-2,4-5,10-17H2. The average molecular weight is 539 g/mol. The summed E-state index contributed by atoms with van der Waals surface area (Å²) < 4.78 is 34.9. The minimum absolute atomic E-state index is 0.222. The number of aliphatic hydroxyl groups is 1. The number of nitrogens with zero attached hydrogens (tertiary/aromatic N) is 5. The van der Waals surface area contributed by atoms with Crippen molar-refractivity contribution in [3.05, 3.63) is 42.6 Å². The summed E-state index contributed by atoms with van der Waals surface area (Å²) in [6, 6.07) is 11.1. The Hall–Kier alpha value is -3.18. The Kier molecular flexibility index (Phi) is 6.73. The second-order valence-corrected chi connectivity index (χ2v) is 12.6. The Morgan fingerprint density at radius 1 is 1.08 bits per heavy atom. The summed E-state index contributed by atoms with van der Waals surface area (Å²) in [7, 11) is -3.63. The van der Waals surface area contributed by atoms with Crippen LogP contribution >= 0.6 is 0 Å². The molecular weight excluding hydrogens is 504 g/mol. The molecule has 6 rings (SSSR count). The lowest BCUT2D eigenvalue weighted by atomic mass is 9.93. The largest absolute Gasteiger partial charge is 0.474 e. The highest BCUT2D eigenvalue weighted by atomic mass is 32.2. The van der Waals surface area contributed by atoms with Gasteiger partial charge in [0.25, 0.3) is 0 Å². The van der Waals surface area contributed by atoms with Gasteiger partial charge in [-0.3, -0.25) is 4.72 Å². The van der Waals surface area contributed by atoms with Crippen molar-refractivity contribution >= 4 is 21.4 Å². The molecule has 0 amide bonds. The molecule has 1 aliphatic heterocycles. The van der Waals surface area contributed by atoms with Crippen LogP contribution < -0.4 is 14.4 Å². The molecule has 0 unspecified atom stereocenters. The predicted molar refractivity (Wildman–Crippen MR) is 145 cm³/mol. The van der Waals surface area contributed by atoms with E-state index in [0.717, 1.165) is 50.0 Å². The monoisotopic (exact) mass is 538 g/mol. The third-order valence-corrected chi connectivity index (χ3v) is 9.32. The number of hydrogen-bond acceptors (Lipinski definition) is 8. The fraction of sp³-hybridized carbons (Fsp3) is 0.519. The van der Waals surface area contributed by atoms with Crippen LogP contribution in [-0.4, -0.2) is 65.1 Å². The summed E-state index contributed by atoms with van der Waals surface area (Å²) in [4.78, 5) is 6.97. The molecule has 3 fully saturated rings. The van der Waals surface area contributed by atoms with Gasteiger partial charge >= 0.3 is 0 Å². The minimum atomic E-state index is -3.63. The molecule has 3 aliphatic rings. The first kappa shape index (κ1) is 25.1. The molecule has 0 bridgehead atoms. The van der Waals surface area contributed by atoms with E-state index in [1.807, 2.05) is 36.5 Å². The summed E-state index contributed by atoms with van der Waals surface area (Å²) >= 11 is 0. The molecule has 11 heteroatoms. The second kappa shape index (κ2) is 10.2. The van der Waals surface area contributed by atoms with Crippen LogP contribution in [0.1, 0.15) is 51.4 Å². The third kappa shape index (κ3) is 5.49. The van der Waals surface area contributed by atoms with Crippen LogP contribution in [0.4, 0.5) is 11.4 Å². The summed E-state index contributed by atoms with van der Waals surface area (Å²) in [5.41, 5.74) is 3.46. The Morgan fingerprint density at radius 3 is 2.61 bits per heavy atom. The number of aromatic nitrogens is 4. The van der Waals surface area contributed by atoms with Crippen molar-refractivity contribution in [1.29, 1.82) is 0 Å². The van der Waals surface area contributed by atoms with Gasteiger partial charge in [0.2, 0.25) is 15.9 Å². The molecule has 2 aromatic heterocycles. The molecule has 1 aromatic carbocycles. The van der Waals surface area contributed by atoms with Crippen molar-refractivity contribution in [2.24, 2.45) is 5.41 Å². The van der Waals surface area contributed by atoms with E-state index in [0.29, 0.717) is 28.5 Å². The second-order valence-electron chi connectivity index (χ2n) is 10.8. The topological polar surface area (TPSA) is 122 Å². The number of anilines is 2. The maximum Gasteiger partial charge on any atom is 0.234 e. The lowest BCUT2D eigenvalue weighted by Gasteiger charge is -2.35. The van der Waals surface area contributed by atoms with Crippen molar-refractivity contribution in [2.45, 2.75) is 57.5 Å². The van der Waals surface area contributed by atoms with Gasteiger partial charge in [0, 0.05) is 30.4 Å². The van der Waals surface area contributed by atoms with Crippen LogP contribution in [0.3, 0.4) is 0 Å². The van der Waals surface area contributed by atoms with Crippen LogP contribution in [0.15, 0.2) is 42.6 Å². The number of hydrogen-bond donors (Lipinski definition) is 2. The quantitative estimate of drug-likeness (QED) is 0.422. The molecule has 2 saturated carbocycles.